The summed E-state index contributed by atoms with van der Waals surface area (Å²) < 4.78 is 10.4. The van der Waals surface area contributed by atoms with Gasteiger partial charge < -0.3 is 14.1 Å². The first-order chi connectivity index (χ1) is 12.1. The van der Waals surface area contributed by atoms with Crippen LogP contribution in [0.4, 0.5) is 5.69 Å². The van der Waals surface area contributed by atoms with Crippen molar-refractivity contribution in [1.29, 1.82) is 0 Å². The van der Waals surface area contributed by atoms with Crippen molar-refractivity contribution in [3.05, 3.63) is 63.0 Å². The van der Waals surface area contributed by atoms with Gasteiger partial charge in [-0.1, -0.05) is 12.1 Å². The third-order valence-corrected chi connectivity index (χ3v) is 3.86. The Bertz CT molecular complexity index is 1160. The second-order valence-electron chi connectivity index (χ2n) is 5.37. The number of nitrogens with zero attached hydrogens (tertiary/aromatic N) is 2. The maximum atomic E-state index is 12.4. The molecule has 8 nitrogen and oxygen atoms in total. The Balaban J connectivity index is 2.00. The van der Waals surface area contributed by atoms with Crippen LogP contribution in [0.25, 0.3) is 33.4 Å². The molecule has 0 aliphatic rings. The van der Waals surface area contributed by atoms with Crippen molar-refractivity contribution >= 4 is 27.7 Å². The zero-order chi connectivity index (χ0) is 17.6. The van der Waals surface area contributed by atoms with Crippen LogP contribution in [0.3, 0.4) is 0 Å². The Kier molecular flexibility index (Phi) is 3.24. The van der Waals surface area contributed by atoms with Crippen molar-refractivity contribution in [2.24, 2.45) is 0 Å². The number of nitro groups is 1. The molecule has 0 unspecified atom stereocenters. The number of nitro benzene ring substituents is 1. The molecule has 2 aromatic carbocycles. The summed E-state index contributed by atoms with van der Waals surface area (Å²) in [7, 11) is 1.35. The lowest BCUT2D eigenvalue weighted by Gasteiger charge is -2.05. The lowest BCUT2D eigenvalue weighted by Crippen LogP contribution is -2.04. The average Bonchev–Trinajstić information content (AvgIpc) is 3.04. The number of ether oxygens (including phenoxy) is 1. The van der Waals surface area contributed by atoms with Gasteiger partial charge in [0.25, 0.3) is 5.69 Å². The molecule has 0 atom stereocenters. The molecule has 0 fully saturated rings. The number of non-ortho nitro benzene ring substituents is 1. The third kappa shape index (κ3) is 2.40. The predicted molar refractivity (Wildman–Crippen MR) is 90.8 cm³/mol. The maximum absolute atomic E-state index is 12.4. The molecular weight excluding hydrogens is 326 g/mol. The average molecular weight is 337 g/mol. The maximum Gasteiger partial charge on any atom is 0.347 e. The number of hydrogen-bond donors (Lipinski definition) is 1. The van der Waals surface area contributed by atoms with Crippen LogP contribution in [0, 0.1) is 10.1 Å². The normalized spacial score (nSPS) is 11.1. The number of rotatable bonds is 3. The molecule has 0 aliphatic carbocycles. The molecule has 0 saturated carbocycles. The van der Waals surface area contributed by atoms with Crippen molar-refractivity contribution in [3.8, 4) is 17.1 Å². The van der Waals surface area contributed by atoms with Crippen LogP contribution in [-0.4, -0.2) is 22.0 Å². The molecule has 4 rings (SSSR count). The number of hydrogen-bond acceptors (Lipinski definition) is 6. The number of methoxy groups -OCH3 is 1. The summed E-state index contributed by atoms with van der Waals surface area (Å²) in [5.41, 5.74) is 1.04. The Morgan fingerprint density at radius 2 is 2.04 bits per heavy atom. The van der Waals surface area contributed by atoms with Gasteiger partial charge in [0, 0.05) is 11.5 Å². The van der Waals surface area contributed by atoms with E-state index in [2.05, 4.69) is 9.97 Å². The van der Waals surface area contributed by atoms with E-state index in [0.29, 0.717) is 16.7 Å². The smallest absolute Gasteiger partial charge is 0.347 e. The van der Waals surface area contributed by atoms with Gasteiger partial charge >= 0.3 is 5.63 Å². The van der Waals surface area contributed by atoms with Crippen LogP contribution in [0.15, 0.2) is 51.7 Å². The van der Waals surface area contributed by atoms with Gasteiger partial charge in [-0.2, -0.15) is 0 Å². The molecule has 0 bridgehead atoms. The molecule has 4 aromatic rings. The molecular formula is C17H11N3O5. The number of aromatic nitrogens is 2. The van der Waals surface area contributed by atoms with E-state index >= 15 is 0 Å². The van der Waals surface area contributed by atoms with E-state index in [4.69, 9.17) is 9.15 Å². The highest BCUT2D eigenvalue weighted by atomic mass is 16.6. The van der Waals surface area contributed by atoms with Crippen molar-refractivity contribution < 1.29 is 14.1 Å². The van der Waals surface area contributed by atoms with Crippen LogP contribution < -0.4 is 10.4 Å². The van der Waals surface area contributed by atoms with Crippen molar-refractivity contribution in [2.45, 2.75) is 0 Å². The molecule has 2 heterocycles. The minimum Gasteiger partial charge on any atom is -0.493 e. The number of para-hydroxylation sites is 2. The molecule has 0 aliphatic heterocycles. The quantitative estimate of drug-likeness (QED) is 0.349. The number of imidazole rings is 1. The molecule has 25 heavy (non-hydrogen) atoms. The summed E-state index contributed by atoms with van der Waals surface area (Å²) in [5.74, 6) is 0.458. The van der Waals surface area contributed by atoms with E-state index in [1.165, 1.54) is 25.3 Å². The minimum atomic E-state index is -0.612. The highest BCUT2D eigenvalue weighted by Gasteiger charge is 2.18. The first-order valence-corrected chi connectivity index (χ1v) is 7.32. The second-order valence-corrected chi connectivity index (χ2v) is 5.37. The molecule has 1 N–H and O–H groups in total. The number of nitrogens with one attached hydrogen (secondary N) is 1. The van der Waals surface area contributed by atoms with Crippen molar-refractivity contribution in [3.63, 3.8) is 0 Å². The summed E-state index contributed by atoms with van der Waals surface area (Å²) in [6.07, 6.45) is 0. The highest BCUT2D eigenvalue weighted by Crippen LogP contribution is 2.32. The van der Waals surface area contributed by atoms with Crippen LogP contribution in [-0.2, 0) is 0 Å². The van der Waals surface area contributed by atoms with E-state index in [1.54, 1.807) is 0 Å². The van der Waals surface area contributed by atoms with Gasteiger partial charge in [0.05, 0.1) is 29.1 Å². The van der Waals surface area contributed by atoms with Gasteiger partial charge in [0.15, 0.2) is 11.3 Å². The van der Waals surface area contributed by atoms with E-state index in [9.17, 15) is 14.9 Å². The molecule has 0 saturated heterocycles. The number of fused-ring (bicyclic) bond motifs is 2. The number of benzene rings is 2. The standard InChI is InChI=1S/C17H11N3O5/c1-24-14-8-10(20(22)23)6-9-7-11(17(21)25-15(9)14)16-18-12-4-2-3-5-13(12)19-16/h2-8H,1H3,(H,18,19). The summed E-state index contributed by atoms with van der Waals surface area (Å²) >= 11 is 0. The Morgan fingerprint density at radius 3 is 2.76 bits per heavy atom. The number of H-pyrrole nitrogens is 1. The Labute approximate surface area is 139 Å². The lowest BCUT2D eigenvalue weighted by atomic mass is 10.1. The fraction of sp³-hybridized carbons (Fsp3) is 0.0588. The number of aromatic amines is 1. The lowest BCUT2D eigenvalue weighted by molar-refractivity contribution is -0.384. The van der Waals surface area contributed by atoms with Gasteiger partial charge in [-0.3, -0.25) is 10.1 Å². The highest BCUT2D eigenvalue weighted by molar-refractivity contribution is 5.88. The predicted octanol–water partition coefficient (Wildman–Crippen LogP) is 3.25. The summed E-state index contributed by atoms with van der Waals surface area (Å²) in [6.45, 7) is 0. The Hall–Kier alpha value is -3.68. The fourth-order valence-electron chi connectivity index (χ4n) is 2.69. The summed E-state index contributed by atoms with van der Waals surface area (Å²) in [4.78, 5) is 30.4. The molecule has 0 spiro atoms. The molecule has 0 amide bonds. The van der Waals surface area contributed by atoms with E-state index in [-0.39, 0.29) is 22.6 Å². The second kappa shape index (κ2) is 5.45. The molecule has 2 aromatic heterocycles. The van der Waals surface area contributed by atoms with Crippen LogP contribution in [0.5, 0.6) is 5.75 Å². The first-order valence-electron chi connectivity index (χ1n) is 7.32. The van der Waals surface area contributed by atoms with Crippen LogP contribution in [0.2, 0.25) is 0 Å². The summed E-state index contributed by atoms with van der Waals surface area (Å²) in [5, 5.41) is 11.5. The zero-order valence-corrected chi connectivity index (χ0v) is 13.0. The summed E-state index contributed by atoms with van der Waals surface area (Å²) in [6, 6.07) is 11.4. The van der Waals surface area contributed by atoms with Gasteiger partial charge in [-0.15, -0.1) is 0 Å². The third-order valence-electron chi connectivity index (χ3n) is 3.86. The largest absolute Gasteiger partial charge is 0.493 e. The fourth-order valence-corrected chi connectivity index (χ4v) is 2.69. The van der Waals surface area contributed by atoms with Gasteiger partial charge in [-0.25, -0.2) is 9.78 Å². The van der Waals surface area contributed by atoms with Gasteiger partial charge in [-0.05, 0) is 18.2 Å². The molecule has 124 valence electrons. The first kappa shape index (κ1) is 14.9. The molecule has 0 radical (unpaired) electrons. The molecule has 8 heteroatoms. The SMILES string of the molecule is COc1cc([N+](=O)[O-])cc2cc(-c3nc4ccccc4[nH]3)c(=O)oc12. The van der Waals surface area contributed by atoms with Crippen LogP contribution >= 0.6 is 0 Å². The Morgan fingerprint density at radius 1 is 1.24 bits per heavy atom. The van der Waals surface area contributed by atoms with Crippen molar-refractivity contribution in [2.75, 3.05) is 7.11 Å². The zero-order valence-electron chi connectivity index (χ0n) is 13.0. The van der Waals surface area contributed by atoms with Gasteiger partial charge in [0.2, 0.25) is 0 Å². The van der Waals surface area contributed by atoms with E-state index in [0.717, 1.165) is 5.52 Å². The van der Waals surface area contributed by atoms with E-state index < -0.39 is 10.5 Å². The van der Waals surface area contributed by atoms with Gasteiger partial charge in [0.1, 0.15) is 11.4 Å². The van der Waals surface area contributed by atoms with Crippen molar-refractivity contribution in [1.82, 2.24) is 9.97 Å². The topological polar surface area (TPSA) is 111 Å². The van der Waals surface area contributed by atoms with E-state index in [1.807, 2.05) is 24.3 Å². The minimum absolute atomic E-state index is 0.123. The monoisotopic (exact) mass is 337 g/mol. The van der Waals surface area contributed by atoms with Crippen LogP contribution in [0.1, 0.15) is 0 Å².